The third-order valence-electron chi connectivity index (χ3n) is 5.69. The second-order valence-corrected chi connectivity index (χ2v) is 11.4. The fraction of sp³-hybridized carbons (Fsp3) is 0.0769. The van der Waals surface area contributed by atoms with E-state index in [-0.39, 0.29) is 6.54 Å². The van der Waals surface area contributed by atoms with Crippen LogP contribution in [0.3, 0.4) is 0 Å². The van der Waals surface area contributed by atoms with E-state index in [9.17, 15) is 17.2 Å². The lowest BCUT2D eigenvalue weighted by Gasteiger charge is -2.12. The summed E-state index contributed by atoms with van der Waals surface area (Å²) in [6.45, 7) is 0.411. The zero-order valence-corrected chi connectivity index (χ0v) is 22.7. The predicted molar refractivity (Wildman–Crippen MR) is 145 cm³/mol. The number of aromatic nitrogens is 3. The highest BCUT2D eigenvalue weighted by Gasteiger charge is 2.17. The van der Waals surface area contributed by atoms with Gasteiger partial charge in [0.05, 0.1) is 21.3 Å². The molecule has 5 aromatic rings. The summed E-state index contributed by atoms with van der Waals surface area (Å²) in [5.74, 6) is -1.22. The molecule has 2 heterocycles. The van der Waals surface area contributed by atoms with Crippen LogP contribution in [0.4, 0.5) is 14.6 Å². The van der Waals surface area contributed by atoms with Crippen LogP contribution in [0.5, 0.6) is 0 Å². The molecule has 0 fully saturated rings. The molecule has 0 aliphatic heterocycles. The Morgan fingerprint density at radius 2 is 1.58 bits per heavy atom. The van der Waals surface area contributed by atoms with Gasteiger partial charge in [-0.05, 0) is 45.3 Å². The first-order chi connectivity index (χ1) is 18.2. The van der Waals surface area contributed by atoms with E-state index in [1.807, 2.05) is 36.4 Å². The van der Waals surface area contributed by atoms with Crippen LogP contribution in [-0.2, 0) is 23.1 Å². The second kappa shape index (κ2) is 10.8. The maximum atomic E-state index is 13.4. The van der Waals surface area contributed by atoms with Gasteiger partial charge in [0.2, 0.25) is 10.0 Å². The summed E-state index contributed by atoms with van der Waals surface area (Å²) >= 11 is 9.88. The topological polar surface area (TPSA) is 88.4 Å². The predicted octanol–water partition coefficient (Wildman–Crippen LogP) is 6.18. The van der Waals surface area contributed by atoms with Gasteiger partial charge in [-0.2, -0.15) is 9.61 Å². The summed E-state index contributed by atoms with van der Waals surface area (Å²) in [7, 11) is -4.08. The Balaban J connectivity index is 1.30. The van der Waals surface area contributed by atoms with Gasteiger partial charge in [-0.25, -0.2) is 26.9 Å². The van der Waals surface area contributed by atoms with Crippen LogP contribution in [0.25, 0.3) is 16.9 Å². The Bertz CT molecular complexity index is 1730. The molecule has 2 N–H and O–H groups in total. The Morgan fingerprint density at radius 3 is 2.26 bits per heavy atom. The van der Waals surface area contributed by atoms with Gasteiger partial charge in [0.1, 0.15) is 17.5 Å². The molecule has 0 bridgehead atoms. The lowest BCUT2D eigenvalue weighted by atomic mass is 10.1. The summed E-state index contributed by atoms with van der Waals surface area (Å²) in [5.41, 5.74) is 3.72. The number of hydrogen-bond donors (Lipinski definition) is 2. The van der Waals surface area contributed by atoms with E-state index in [0.29, 0.717) is 40.4 Å². The molecular formula is C26H19BrClF2N5O2S. The molecule has 0 aliphatic rings. The van der Waals surface area contributed by atoms with Crippen molar-refractivity contribution in [1.82, 2.24) is 19.3 Å². The number of sulfonamides is 1. The van der Waals surface area contributed by atoms with Crippen molar-refractivity contribution in [3.63, 3.8) is 0 Å². The number of rotatable bonds is 8. The number of benzene rings is 3. The van der Waals surface area contributed by atoms with Gasteiger partial charge in [-0.1, -0.05) is 54.1 Å². The number of fused-ring (bicyclic) bond motifs is 1. The van der Waals surface area contributed by atoms with Crippen molar-refractivity contribution in [3.05, 3.63) is 111 Å². The van der Waals surface area contributed by atoms with Gasteiger partial charge >= 0.3 is 0 Å². The lowest BCUT2D eigenvalue weighted by molar-refractivity contribution is 0.561. The highest BCUT2D eigenvalue weighted by atomic mass is 79.9. The Hall–Kier alpha value is -3.38. The third kappa shape index (κ3) is 5.70. The number of anilines is 1. The number of hydrogen-bond acceptors (Lipinski definition) is 5. The molecule has 5 rings (SSSR count). The lowest BCUT2D eigenvalue weighted by Crippen LogP contribution is -2.23. The summed E-state index contributed by atoms with van der Waals surface area (Å²) in [6.07, 6.45) is 1.66. The Labute approximate surface area is 230 Å². The van der Waals surface area contributed by atoms with Crippen molar-refractivity contribution in [2.45, 2.75) is 18.0 Å². The molecule has 0 atom stereocenters. The summed E-state index contributed by atoms with van der Waals surface area (Å²) in [4.78, 5) is 4.22. The van der Waals surface area contributed by atoms with Crippen molar-refractivity contribution < 1.29 is 17.2 Å². The van der Waals surface area contributed by atoms with Crippen LogP contribution in [0.2, 0.25) is 5.02 Å². The van der Waals surface area contributed by atoms with E-state index in [2.05, 4.69) is 31.1 Å². The van der Waals surface area contributed by atoms with Gasteiger partial charge in [0, 0.05) is 35.8 Å². The van der Waals surface area contributed by atoms with E-state index < -0.39 is 26.6 Å². The molecule has 0 spiro atoms. The third-order valence-corrected chi connectivity index (χ3v) is 7.96. The molecular weight excluding hydrogens is 600 g/mol. The summed E-state index contributed by atoms with van der Waals surface area (Å²) in [5, 5.41) is 8.34. The molecule has 38 heavy (non-hydrogen) atoms. The van der Waals surface area contributed by atoms with Gasteiger partial charge in [-0.3, -0.25) is 0 Å². The molecule has 0 radical (unpaired) electrons. The van der Waals surface area contributed by atoms with Gasteiger partial charge in [0.15, 0.2) is 5.65 Å². The number of nitrogens with one attached hydrogen (secondary N) is 2. The van der Waals surface area contributed by atoms with Crippen LogP contribution in [0, 0.1) is 11.6 Å². The molecule has 0 saturated heterocycles. The van der Waals surface area contributed by atoms with Crippen molar-refractivity contribution in [3.8, 4) is 11.3 Å². The first-order valence-corrected chi connectivity index (χ1v) is 13.9. The zero-order chi connectivity index (χ0) is 26.9. The highest BCUT2D eigenvalue weighted by Crippen LogP contribution is 2.30. The minimum atomic E-state index is -4.08. The number of halogens is 4. The number of nitrogens with zero attached hydrogens (tertiary/aromatic N) is 3. The molecule has 0 unspecified atom stereocenters. The summed E-state index contributed by atoms with van der Waals surface area (Å²) < 4.78 is 56.5. The quantitative estimate of drug-likeness (QED) is 0.217. The van der Waals surface area contributed by atoms with Gasteiger partial charge < -0.3 is 5.32 Å². The van der Waals surface area contributed by atoms with Crippen molar-refractivity contribution in [2.75, 3.05) is 5.32 Å². The second-order valence-electron chi connectivity index (χ2n) is 8.33. The van der Waals surface area contributed by atoms with Crippen LogP contribution in [0.1, 0.15) is 11.1 Å². The molecule has 0 aliphatic carbocycles. The molecule has 0 amide bonds. The van der Waals surface area contributed by atoms with Gasteiger partial charge in [0.25, 0.3) is 0 Å². The molecule has 12 heteroatoms. The molecule has 2 aromatic heterocycles. The average Bonchev–Trinajstić information content (AvgIpc) is 3.27. The maximum Gasteiger partial charge on any atom is 0.241 e. The van der Waals surface area contributed by atoms with E-state index in [1.54, 1.807) is 28.9 Å². The standard InChI is InChI=1S/C26H19BrClF2N5O2S/c27-22-15-32-35-25(12-24(34-26(22)35)21-3-1-2-4-23(21)28)31-13-16-5-7-17(8-6-16)14-33-38(36,37)20-10-18(29)9-19(30)11-20/h1-12,15,31,33H,13-14H2. The van der Waals surface area contributed by atoms with Crippen molar-refractivity contribution >= 4 is 49.0 Å². The largest absolute Gasteiger partial charge is 0.366 e. The smallest absolute Gasteiger partial charge is 0.241 e. The monoisotopic (exact) mass is 617 g/mol. The van der Waals surface area contributed by atoms with Crippen LogP contribution in [-0.4, -0.2) is 23.0 Å². The Kier molecular flexibility index (Phi) is 7.44. The minimum absolute atomic E-state index is 0.0400. The van der Waals surface area contributed by atoms with Crippen LogP contribution < -0.4 is 10.0 Å². The normalized spacial score (nSPS) is 11.7. The first kappa shape index (κ1) is 26.2. The minimum Gasteiger partial charge on any atom is -0.366 e. The fourth-order valence-corrected chi connectivity index (χ4v) is 5.42. The zero-order valence-electron chi connectivity index (χ0n) is 19.5. The Morgan fingerprint density at radius 1 is 0.921 bits per heavy atom. The van der Waals surface area contributed by atoms with Crippen LogP contribution in [0.15, 0.2) is 88.4 Å². The molecule has 7 nitrogen and oxygen atoms in total. The molecule has 3 aromatic carbocycles. The average molecular weight is 619 g/mol. The van der Waals surface area contributed by atoms with E-state index in [4.69, 9.17) is 16.6 Å². The van der Waals surface area contributed by atoms with Crippen LogP contribution >= 0.6 is 27.5 Å². The van der Waals surface area contributed by atoms with E-state index >= 15 is 0 Å². The highest BCUT2D eigenvalue weighted by molar-refractivity contribution is 9.10. The summed E-state index contributed by atoms with van der Waals surface area (Å²) in [6, 6.07) is 18.7. The molecule has 194 valence electrons. The fourth-order valence-electron chi connectivity index (χ4n) is 3.78. The first-order valence-electron chi connectivity index (χ1n) is 11.3. The van der Waals surface area contributed by atoms with Gasteiger partial charge in [-0.15, -0.1) is 0 Å². The molecule has 0 saturated carbocycles. The maximum absolute atomic E-state index is 13.4. The van der Waals surface area contributed by atoms with Crippen molar-refractivity contribution in [2.24, 2.45) is 0 Å². The SMILES string of the molecule is O=S(=O)(NCc1ccc(CNc2cc(-c3ccccc3Cl)nc3c(Br)cnn23)cc1)c1cc(F)cc(F)c1. The van der Waals surface area contributed by atoms with E-state index in [1.165, 1.54) is 0 Å². The van der Waals surface area contributed by atoms with E-state index in [0.717, 1.165) is 27.7 Å². The van der Waals surface area contributed by atoms with Crippen molar-refractivity contribution in [1.29, 1.82) is 0 Å².